The fourth-order valence-corrected chi connectivity index (χ4v) is 4.22. The van der Waals surface area contributed by atoms with Crippen LogP contribution < -0.4 is 5.69 Å². The minimum absolute atomic E-state index is 0.00244. The van der Waals surface area contributed by atoms with Crippen molar-refractivity contribution in [1.82, 2.24) is 19.2 Å². The highest BCUT2D eigenvalue weighted by atomic mass is 32.1. The van der Waals surface area contributed by atoms with Crippen LogP contribution in [0.3, 0.4) is 0 Å². The predicted molar refractivity (Wildman–Crippen MR) is 111 cm³/mol. The van der Waals surface area contributed by atoms with Crippen LogP contribution in [0.1, 0.15) is 29.5 Å². The molecule has 1 fully saturated rings. The molecule has 7 heteroatoms. The summed E-state index contributed by atoms with van der Waals surface area (Å²) in [5.74, 6) is 0.753. The number of carbonyl (C=O) groups is 1. The molecule has 1 aromatic carbocycles. The zero-order chi connectivity index (χ0) is 19.5. The van der Waals surface area contributed by atoms with E-state index in [-0.39, 0.29) is 17.5 Å². The van der Waals surface area contributed by atoms with Crippen molar-refractivity contribution in [3.8, 4) is 5.69 Å². The first kappa shape index (κ1) is 18.4. The minimum atomic E-state index is -0.165. The summed E-state index contributed by atoms with van der Waals surface area (Å²) in [7, 11) is 1.67. The molecule has 4 rings (SSSR count). The van der Waals surface area contributed by atoms with Crippen LogP contribution in [-0.2, 0) is 11.8 Å². The monoisotopic (exact) mass is 394 g/mol. The number of rotatable bonds is 4. The zero-order valence-electron chi connectivity index (χ0n) is 15.7. The van der Waals surface area contributed by atoms with E-state index in [0.717, 1.165) is 35.8 Å². The Bertz CT molecular complexity index is 1030. The Hall–Kier alpha value is -2.93. The number of benzene rings is 1. The Balaban J connectivity index is 1.58. The number of carbonyl (C=O) groups excluding carboxylic acids is 1. The van der Waals surface area contributed by atoms with Gasteiger partial charge >= 0.3 is 5.69 Å². The van der Waals surface area contributed by atoms with Crippen LogP contribution in [0.2, 0.25) is 0 Å². The van der Waals surface area contributed by atoms with Gasteiger partial charge in [0.2, 0.25) is 5.91 Å². The Morgan fingerprint density at radius 3 is 2.79 bits per heavy atom. The summed E-state index contributed by atoms with van der Waals surface area (Å²) < 4.78 is 3.04. The van der Waals surface area contributed by atoms with Crippen LogP contribution in [0.5, 0.6) is 0 Å². The highest BCUT2D eigenvalue weighted by Crippen LogP contribution is 2.27. The summed E-state index contributed by atoms with van der Waals surface area (Å²) in [6.45, 7) is 1.30. The molecule has 0 N–H and O–H groups in total. The Morgan fingerprint density at radius 2 is 2.04 bits per heavy atom. The van der Waals surface area contributed by atoms with Crippen molar-refractivity contribution >= 4 is 23.3 Å². The molecule has 28 heavy (non-hydrogen) atoms. The van der Waals surface area contributed by atoms with Crippen molar-refractivity contribution in [3.05, 3.63) is 75.1 Å². The average molecular weight is 395 g/mol. The molecule has 3 heterocycles. The van der Waals surface area contributed by atoms with E-state index >= 15 is 0 Å². The Morgan fingerprint density at radius 1 is 1.21 bits per heavy atom. The first-order chi connectivity index (χ1) is 13.6. The second-order valence-corrected chi connectivity index (χ2v) is 7.89. The number of hydrogen-bond acceptors (Lipinski definition) is 4. The number of para-hydroxylation sites is 1. The van der Waals surface area contributed by atoms with Gasteiger partial charge in [-0.2, -0.15) is 5.10 Å². The molecule has 1 aliphatic heterocycles. The van der Waals surface area contributed by atoms with Crippen LogP contribution in [0.4, 0.5) is 0 Å². The molecule has 1 atom stereocenters. The van der Waals surface area contributed by atoms with Crippen molar-refractivity contribution in [3.63, 3.8) is 0 Å². The SMILES string of the molecule is Cn1nc(C2CCCN(C(=O)/C=C/c3cccs3)C2)n(-c2ccccc2)c1=O. The van der Waals surface area contributed by atoms with Crippen LogP contribution in [0.15, 0.2) is 58.7 Å². The topological polar surface area (TPSA) is 60.1 Å². The summed E-state index contributed by atoms with van der Waals surface area (Å²) >= 11 is 1.60. The molecule has 0 radical (unpaired) electrons. The molecule has 0 bridgehead atoms. The van der Waals surface area contributed by atoms with Crippen LogP contribution in [0, 0.1) is 0 Å². The van der Waals surface area contributed by atoms with Gasteiger partial charge in [0.05, 0.1) is 5.69 Å². The van der Waals surface area contributed by atoms with Gasteiger partial charge in [0.25, 0.3) is 0 Å². The third-order valence-corrected chi connectivity index (χ3v) is 5.83. The van der Waals surface area contributed by atoms with Crippen molar-refractivity contribution in [1.29, 1.82) is 0 Å². The first-order valence-electron chi connectivity index (χ1n) is 9.35. The van der Waals surface area contributed by atoms with E-state index < -0.39 is 0 Å². The van der Waals surface area contributed by atoms with Gasteiger partial charge < -0.3 is 4.90 Å². The van der Waals surface area contributed by atoms with E-state index in [1.807, 2.05) is 58.8 Å². The van der Waals surface area contributed by atoms with Crippen molar-refractivity contribution in [2.75, 3.05) is 13.1 Å². The van der Waals surface area contributed by atoms with Crippen molar-refractivity contribution in [2.45, 2.75) is 18.8 Å². The Kier molecular flexibility index (Phi) is 5.25. The molecular weight excluding hydrogens is 372 g/mol. The minimum Gasteiger partial charge on any atom is -0.338 e. The second kappa shape index (κ2) is 7.98. The summed E-state index contributed by atoms with van der Waals surface area (Å²) in [4.78, 5) is 28.2. The quantitative estimate of drug-likeness (QED) is 0.639. The number of likely N-dealkylation sites (tertiary alicyclic amines) is 1. The maximum atomic E-state index is 12.7. The largest absolute Gasteiger partial charge is 0.350 e. The standard InChI is InChI=1S/C21H22N4O2S/c1-23-21(27)25(17-8-3-2-4-9-17)20(22-23)16-7-5-13-24(15-16)19(26)12-11-18-10-6-14-28-18/h2-4,6,8-12,14,16H,5,7,13,15H2,1H3/b12-11+. The lowest BCUT2D eigenvalue weighted by atomic mass is 9.97. The highest BCUT2D eigenvalue weighted by Gasteiger charge is 2.29. The van der Waals surface area contributed by atoms with E-state index in [2.05, 4.69) is 5.10 Å². The molecule has 0 spiro atoms. The van der Waals surface area contributed by atoms with E-state index in [0.29, 0.717) is 6.54 Å². The lowest BCUT2D eigenvalue weighted by molar-refractivity contribution is -0.127. The molecule has 2 aromatic heterocycles. The van der Waals surface area contributed by atoms with E-state index in [1.165, 1.54) is 4.68 Å². The van der Waals surface area contributed by atoms with Gasteiger partial charge in [-0.3, -0.25) is 4.79 Å². The van der Waals surface area contributed by atoms with Crippen molar-refractivity contribution < 1.29 is 4.79 Å². The lowest BCUT2D eigenvalue weighted by Gasteiger charge is -2.31. The number of piperidine rings is 1. The fourth-order valence-electron chi connectivity index (χ4n) is 3.60. The van der Waals surface area contributed by atoms with Gasteiger partial charge in [0.1, 0.15) is 5.82 Å². The molecule has 144 valence electrons. The van der Waals surface area contributed by atoms with Gasteiger partial charge in [-0.25, -0.2) is 14.0 Å². The normalized spacial score (nSPS) is 17.3. The molecule has 1 aliphatic rings. The van der Waals surface area contributed by atoms with Gasteiger partial charge in [-0.15, -0.1) is 11.3 Å². The van der Waals surface area contributed by atoms with Gasteiger partial charge in [-0.05, 0) is 42.5 Å². The number of aromatic nitrogens is 3. The number of hydrogen-bond donors (Lipinski definition) is 0. The molecule has 1 saturated heterocycles. The van der Waals surface area contributed by atoms with E-state index in [1.54, 1.807) is 29.0 Å². The molecule has 3 aromatic rings. The van der Waals surface area contributed by atoms with E-state index in [9.17, 15) is 9.59 Å². The van der Waals surface area contributed by atoms with E-state index in [4.69, 9.17) is 0 Å². The maximum absolute atomic E-state index is 12.7. The Labute approximate surface area is 167 Å². The van der Waals surface area contributed by atoms with Crippen LogP contribution in [0.25, 0.3) is 11.8 Å². The van der Waals surface area contributed by atoms with Crippen LogP contribution in [-0.4, -0.2) is 38.2 Å². The number of amides is 1. The summed E-state index contributed by atoms with van der Waals surface area (Å²) in [6, 6.07) is 13.5. The fraction of sp³-hybridized carbons (Fsp3) is 0.286. The number of nitrogens with zero attached hydrogens (tertiary/aromatic N) is 4. The maximum Gasteiger partial charge on any atom is 0.350 e. The summed E-state index contributed by atoms with van der Waals surface area (Å²) in [6.07, 6.45) is 5.29. The third kappa shape index (κ3) is 3.71. The summed E-state index contributed by atoms with van der Waals surface area (Å²) in [5, 5.41) is 6.49. The smallest absolute Gasteiger partial charge is 0.338 e. The highest BCUT2D eigenvalue weighted by molar-refractivity contribution is 7.10. The predicted octanol–water partition coefficient (Wildman–Crippen LogP) is 3.05. The number of thiophene rings is 1. The lowest BCUT2D eigenvalue weighted by Crippen LogP contribution is -2.39. The van der Waals surface area contributed by atoms with Gasteiger partial charge in [-0.1, -0.05) is 24.3 Å². The third-order valence-electron chi connectivity index (χ3n) is 5.00. The molecule has 6 nitrogen and oxygen atoms in total. The summed E-state index contributed by atoms with van der Waals surface area (Å²) in [5.41, 5.74) is 0.638. The second-order valence-electron chi connectivity index (χ2n) is 6.91. The molecule has 0 saturated carbocycles. The molecule has 1 unspecified atom stereocenters. The molecule has 1 amide bonds. The van der Waals surface area contributed by atoms with Crippen molar-refractivity contribution in [2.24, 2.45) is 7.05 Å². The average Bonchev–Trinajstić information content (AvgIpc) is 3.35. The van der Waals surface area contributed by atoms with Gasteiger partial charge in [0, 0.05) is 37.0 Å². The molecular formula is C21H22N4O2S. The van der Waals surface area contributed by atoms with Crippen LogP contribution >= 0.6 is 11.3 Å². The van der Waals surface area contributed by atoms with Gasteiger partial charge in [0.15, 0.2) is 0 Å². The zero-order valence-corrected chi connectivity index (χ0v) is 16.5. The first-order valence-corrected chi connectivity index (χ1v) is 10.2. The molecule has 0 aliphatic carbocycles. The number of aryl methyl sites for hydroxylation is 1.